The highest BCUT2D eigenvalue weighted by atomic mass is 16.4. The molecule has 1 heterocycles. The lowest BCUT2D eigenvalue weighted by Gasteiger charge is -2.19. The Bertz CT molecular complexity index is 414. The fraction of sp³-hybridized carbons (Fsp3) is 0.364. The maximum Gasteiger partial charge on any atom is 0.255 e. The minimum Gasteiger partial charge on any atom is -0.409 e. The van der Waals surface area contributed by atoms with Gasteiger partial charge in [0.1, 0.15) is 0 Å². The molecule has 0 bridgehead atoms. The minimum absolute atomic E-state index is 0.000251. The van der Waals surface area contributed by atoms with E-state index >= 15 is 0 Å². The molecule has 0 saturated carbocycles. The zero-order valence-corrected chi connectivity index (χ0v) is 9.92. The summed E-state index contributed by atoms with van der Waals surface area (Å²) in [5, 5.41) is 11.3. The van der Waals surface area contributed by atoms with Crippen molar-refractivity contribution in [2.75, 3.05) is 13.1 Å². The molecule has 1 aromatic rings. The number of pyridine rings is 1. The number of amides is 1. The van der Waals surface area contributed by atoms with Crippen molar-refractivity contribution in [1.82, 2.24) is 9.88 Å². The van der Waals surface area contributed by atoms with E-state index in [0.29, 0.717) is 12.1 Å². The van der Waals surface area contributed by atoms with Crippen LogP contribution in [-0.2, 0) is 0 Å². The molecule has 0 aliphatic heterocycles. The summed E-state index contributed by atoms with van der Waals surface area (Å²) in [4.78, 5) is 17.6. The molecule has 3 N–H and O–H groups in total. The summed E-state index contributed by atoms with van der Waals surface area (Å²) in [5.74, 6) is -0.188. The number of hydrogen-bond acceptors (Lipinski definition) is 4. The van der Waals surface area contributed by atoms with Crippen LogP contribution in [0, 0.1) is 6.92 Å². The topological polar surface area (TPSA) is 91.8 Å². The summed E-state index contributed by atoms with van der Waals surface area (Å²) in [5.41, 5.74) is 6.72. The lowest BCUT2D eigenvalue weighted by atomic mass is 10.2. The van der Waals surface area contributed by atoms with Gasteiger partial charge in [-0.25, -0.2) is 0 Å². The highest BCUT2D eigenvalue weighted by Crippen LogP contribution is 2.04. The third-order valence-electron chi connectivity index (χ3n) is 2.31. The fourth-order valence-corrected chi connectivity index (χ4v) is 1.33. The van der Waals surface area contributed by atoms with E-state index < -0.39 is 0 Å². The summed E-state index contributed by atoms with van der Waals surface area (Å²) >= 11 is 0. The molecule has 0 aliphatic carbocycles. The van der Waals surface area contributed by atoms with Gasteiger partial charge in [-0.1, -0.05) is 5.16 Å². The molecule has 0 radical (unpaired) electrons. The quantitative estimate of drug-likeness (QED) is 0.346. The lowest BCUT2D eigenvalue weighted by Crippen LogP contribution is -2.38. The number of likely N-dealkylation sites (N-methyl/N-ethyl adjacent to an activating group) is 1. The van der Waals surface area contributed by atoms with Gasteiger partial charge in [-0.3, -0.25) is 9.78 Å². The summed E-state index contributed by atoms with van der Waals surface area (Å²) in [6.07, 6.45) is 1.52. The molecule has 92 valence electrons. The monoisotopic (exact) mass is 236 g/mol. The van der Waals surface area contributed by atoms with Gasteiger partial charge in [0, 0.05) is 18.4 Å². The average molecular weight is 236 g/mol. The van der Waals surface area contributed by atoms with Gasteiger partial charge < -0.3 is 15.8 Å². The first kappa shape index (κ1) is 13.0. The van der Waals surface area contributed by atoms with E-state index in [9.17, 15) is 4.79 Å². The number of oxime groups is 1. The van der Waals surface area contributed by atoms with Crippen LogP contribution in [0.3, 0.4) is 0 Å². The predicted octanol–water partition coefficient (Wildman–Crippen LogP) is 0.599. The first-order valence-electron chi connectivity index (χ1n) is 5.26. The van der Waals surface area contributed by atoms with Gasteiger partial charge in [0.15, 0.2) is 5.84 Å². The lowest BCUT2D eigenvalue weighted by molar-refractivity contribution is 0.0786. The van der Waals surface area contributed by atoms with Crippen LogP contribution >= 0.6 is 0 Å². The predicted molar refractivity (Wildman–Crippen MR) is 64.0 cm³/mol. The van der Waals surface area contributed by atoms with Crippen molar-refractivity contribution in [2.24, 2.45) is 10.9 Å². The average Bonchev–Trinajstić information content (AvgIpc) is 2.35. The number of hydrogen-bond donors (Lipinski definition) is 2. The zero-order valence-electron chi connectivity index (χ0n) is 9.92. The van der Waals surface area contributed by atoms with E-state index in [1.54, 1.807) is 12.1 Å². The van der Waals surface area contributed by atoms with Gasteiger partial charge >= 0.3 is 0 Å². The first-order valence-corrected chi connectivity index (χ1v) is 5.26. The third kappa shape index (κ3) is 3.44. The van der Waals surface area contributed by atoms with Gasteiger partial charge in [-0.2, -0.15) is 0 Å². The van der Waals surface area contributed by atoms with E-state index in [4.69, 9.17) is 10.9 Å². The van der Waals surface area contributed by atoms with Crippen LogP contribution < -0.4 is 5.73 Å². The molecule has 1 amide bonds. The molecule has 0 fully saturated rings. The number of carbonyl (C=O) groups excluding carboxylic acids is 1. The molecule has 6 nitrogen and oxygen atoms in total. The number of nitrogens with zero attached hydrogens (tertiary/aromatic N) is 3. The Balaban J connectivity index is 2.82. The molecule has 17 heavy (non-hydrogen) atoms. The van der Waals surface area contributed by atoms with Crippen LogP contribution in [0.5, 0.6) is 0 Å². The van der Waals surface area contributed by atoms with Crippen molar-refractivity contribution in [2.45, 2.75) is 13.8 Å². The Labute approximate surface area is 99.7 Å². The number of rotatable bonds is 4. The van der Waals surface area contributed by atoms with Crippen molar-refractivity contribution in [3.8, 4) is 0 Å². The second kappa shape index (κ2) is 5.83. The number of carbonyl (C=O) groups is 1. The zero-order chi connectivity index (χ0) is 12.8. The Hall–Kier alpha value is -2.11. The summed E-state index contributed by atoms with van der Waals surface area (Å²) < 4.78 is 0. The normalized spacial score (nSPS) is 11.3. The Morgan fingerprint density at radius 1 is 1.59 bits per heavy atom. The first-order chi connectivity index (χ1) is 8.08. The molecular formula is C11H16N4O2. The van der Waals surface area contributed by atoms with E-state index in [0.717, 1.165) is 5.69 Å². The van der Waals surface area contributed by atoms with Gasteiger partial charge in [0.2, 0.25) is 0 Å². The summed E-state index contributed by atoms with van der Waals surface area (Å²) in [6.45, 7) is 4.25. The van der Waals surface area contributed by atoms with E-state index in [2.05, 4.69) is 10.1 Å². The van der Waals surface area contributed by atoms with Gasteiger partial charge in [0.25, 0.3) is 5.91 Å². The molecule has 0 aliphatic rings. The van der Waals surface area contributed by atoms with Gasteiger partial charge in [-0.05, 0) is 26.0 Å². The van der Waals surface area contributed by atoms with Crippen LogP contribution in [0.1, 0.15) is 23.0 Å². The van der Waals surface area contributed by atoms with E-state index in [1.807, 2.05) is 13.8 Å². The molecule has 6 heteroatoms. The van der Waals surface area contributed by atoms with Crippen molar-refractivity contribution in [3.05, 3.63) is 29.6 Å². The standard InChI is InChI=1S/C11H16N4O2/c1-3-15(7-10(12)14-17)11(16)9-5-4-8(2)13-6-9/h4-6,17H,3,7H2,1-2H3,(H2,12,14). The molecule has 0 spiro atoms. The van der Waals surface area contributed by atoms with Crippen LogP contribution in [0.25, 0.3) is 0 Å². The van der Waals surface area contributed by atoms with Gasteiger partial charge in [-0.15, -0.1) is 0 Å². The molecule has 0 aromatic carbocycles. The number of amidine groups is 1. The van der Waals surface area contributed by atoms with Crippen molar-refractivity contribution < 1.29 is 10.0 Å². The largest absolute Gasteiger partial charge is 0.409 e. The maximum absolute atomic E-state index is 12.0. The number of aryl methyl sites for hydroxylation is 1. The summed E-state index contributed by atoms with van der Waals surface area (Å²) in [6, 6.07) is 3.48. The second-order valence-electron chi connectivity index (χ2n) is 3.60. The second-order valence-corrected chi connectivity index (χ2v) is 3.60. The van der Waals surface area contributed by atoms with Crippen LogP contribution in [0.15, 0.2) is 23.5 Å². The molecule has 1 rings (SSSR count). The van der Waals surface area contributed by atoms with E-state index in [-0.39, 0.29) is 18.3 Å². The number of nitrogens with two attached hydrogens (primary N) is 1. The maximum atomic E-state index is 12.0. The Kier molecular flexibility index (Phi) is 4.45. The summed E-state index contributed by atoms with van der Waals surface area (Å²) in [7, 11) is 0. The molecule has 0 unspecified atom stereocenters. The molecular weight excluding hydrogens is 220 g/mol. The Morgan fingerprint density at radius 2 is 2.29 bits per heavy atom. The number of aromatic nitrogens is 1. The third-order valence-corrected chi connectivity index (χ3v) is 2.31. The van der Waals surface area contributed by atoms with Crippen LogP contribution in [0.2, 0.25) is 0 Å². The van der Waals surface area contributed by atoms with Gasteiger partial charge in [0.05, 0.1) is 12.1 Å². The Morgan fingerprint density at radius 3 is 2.76 bits per heavy atom. The highest BCUT2D eigenvalue weighted by Gasteiger charge is 2.15. The van der Waals surface area contributed by atoms with E-state index in [1.165, 1.54) is 11.1 Å². The van der Waals surface area contributed by atoms with Crippen molar-refractivity contribution in [1.29, 1.82) is 0 Å². The molecule has 0 saturated heterocycles. The highest BCUT2D eigenvalue weighted by molar-refractivity contribution is 5.96. The minimum atomic E-state index is -0.188. The molecule has 0 atom stereocenters. The SMILES string of the molecule is CCN(CC(N)=NO)C(=O)c1ccc(C)nc1. The fourth-order valence-electron chi connectivity index (χ4n) is 1.33. The van der Waals surface area contributed by atoms with Crippen LogP contribution in [0.4, 0.5) is 0 Å². The van der Waals surface area contributed by atoms with Crippen molar-refractivity contribution in [3.63, 3.8) is 0 Å². The van der Waals surface area contributed by atoms with Crippen LogP contribution in [-0.4, -0.2) is 39.9 Å². The van der Waals surface area contributed by atoms with Crippen molar-refractivity contribution >= 4 is 11.7 Å². The smallest absolute Gasteiger partial charge is 0.255 e. The molecule has 1 aromatic heterocycles.